The molecule has 0 aliphatic carbocycles. The van der Waals surface area contributed by atoms with Crippen LogP contribution < -0.4 is 15.4 Å². The number of carbonyl (C=O) groups is 2. The fourth-order valence-corrected chi connectivity index (χ4v) is 2.79. The van der Waals surface area contributed by atoms with E-state index in [0.29, 0.717) is 23.1 Å². The molecule has 0 saturated heterocycles. The van der Waals surface area contributed by atoms with Gasteiger partial charge in [0.05, 0.1) is 12.9 Å². The number of rotatable bonds is 8. The van der Waals surface area contributed by atoms with Crippen molar-refractivity contribution in [2.24, 2.45) is 0 Å². The first-order valence-electron chi connectivity index (χ1n) is 8.19. The van der Waals surface area contributed by atoms with Gasteiger partial charge < -0.3 is 10.1 Å². The van der Waals surface area contributed by atoms with E-state index in [0.717, 1.165) is 30.2 Å². The number of amides is 3. The topological polar surface area (TPSA) is 111 Å². The molecule has 0 atom stereocenters. The van der Waals surface area contributed by atoms with Crippen LogP contribution in [0.3, 0.4) is 0 Å². The number of benzene rings is 1. The van der Waals surface area contributed by atoms with Crippen molar-refractivity contribution in [3.63, 3.8) is 0 Å². The molecule has 0 aliphatic heterocycles. The molecule has 10 heteroatoms. The van der Waals surface area contributed by atoms with Gasteiger partial charge in [0.25, 0.3) is 0 Å². The Bertz CT molecular complexity index is 764. The Hall–Kier alpha value is -2.62. The van der Waals surface area contributed by atoms with Crippen LogP contribution in [0.1, 0.15) is 25.3 Å². The Morgan fingerprint density at radius 3 is 2.88 bits per heavy atom. The largest absolute Gasteiger partial charge is 0.494 e. The minimum Gasteiger partial charge on any atom is -0.494 e. The Morgan fingerprint density at radius 2 is 2.15 bits per heavy atom. The molecule has 2 rings (SSSR count). The zero-order valence-corrected chi connectivity index (χ0v) is 15.8. The molecular formula is C16H22N6O3S. The maximum Gasteiger partial charge on any atom is 0.321 e. The average Bonchev–Trinajstić information content (AvgIpc) is 3.08. The van der Waals surface area contributed by atoms with E-state index in [1.807, 2.05) is 32.0 Å². The summed E-state index contributed by atoms with van der Waals surface area (Å²) in [4.78, 5) is 23.5. The van der Waals surface area contributed by atoms with Crippen molar-refractivity contribution in [2.75, 3.05) is 19.4 Å². The van der Waals surface area contributed by atoms with E-state index in [9.17, 15) is 9.59 Å². The summed E-state index contributed by atoms with van der Waals surface area (Å²) < 4.78 is 6.85. The predicted molar refractivity (Wildman–Crippen MR) is 97.6 cm³/mol. The number of methoxy groups -OCH3 is 1. The van der Waals surface area contributed by atoms with Gasteiger partial charge in [0, 0.05) is 6.54 Å². The lowest BCUT2D eigenvalue weighted by Crippen LogP contribution is -2.40. The highest BCUT2D eigenvalue weighted by molar-refractivity contribution is 7.99. The number of urea groups is 1. The number of nitrogens with zero attached hydrogens (tertiary/aromatic N) is 4. The van der Waals surface area contributed by atoms with E-state index >= 15 is 0 Å². The normalized spacial score (nSPS) is 10.4. The minimum absolute atomic E-state index is 0.00963. The summed E-state index contributed by atoms with van der Waals surface area (Å²) >= 11 is 1.13. The van der Waals surface area contributed by atoms with Crippen molar-refractivity contribution >= 4 is 23.7 Å². The van der Waals surface area contributed by atoms with Gasteiger partial charge in [0.2, 0.25) is 11.1 Å². The van der Waals surface area contributed by atoms with E-state index in [-0.39, 0.29) is 5.75 Å². The summed E-state index contributed by atoms with van der Waals surface area (Å²) in [6, 6.07) is 5.14. The van der Waals surface area contributed by atoms with Gasteiger partial charge in [0.15, 0.2) is 0 Å². The van der Waals surface area contributed by atoms with Gasteiger partial charge in [-0.1, -0.05) is 31.2 Å². The summed E-state index contributed by atoms with van der Waals surface area (Å²) in [5, 5.41) is 16.9. The van der Waals surface area contributed by atoms with E-state index < -0.39 is 11.9 Å². The second-order valence-electron chi connectivity index (χ2n) is 5.49. The number of aromatic nitrogens is 4. The zero-order valence-electron chi connectivity index (χ0n) is 15.0. The van der Waals surface area contributed by atoms with Gasteiger partial charge in [-0.15, -0.1) is 5.10 Å². The number of tetrazole rings is 1. The highest BCUT2D eigenvalue weighted by Gasteiger charge is 2.16. The Morgan fingerprint density at radius 1 is 1.35 bits per heavy atom. The van der Waals surface area contributed by atoms with Crippen LogP contribution in [0.2, 0.25) is 0 Å². The molecule has 0 bridgehead atoms. The molecule has 2 aromatic rings. The first kappa shape index (κ1) is 19.7. The molecule has 0 saturated carbocycles. The molecule has 0 radical (unpaired) electrons. The summed E-state index contributed by atoms with van der Waals surface area (Å²) in [6.45, 7) is 4.51. The van der Waals surface area contributed by atoms with Gasteiger partial charge >= 0.3 is 6.03 Å². The number of hydrogen-bond donors (Lipinski definition) is 2. The smallest absolute Gasteiger partial charge is 0.321 e. The summed E-state index contributed by atoms with van der Waals surface area (Å²) in [6.07, 6.45) is 1.83. The van der Waals surface area contributed by atoms with Crippen molar-refractivity contribution in [2.45, 2.75) is 31.8 Å². The van der Waals surface area contributed by atoms with Crippen molar-refractivity contribution in [3.8, 4) is 11.4 Å². The van der Waals surface area contributed by atoms with Crippen LogP contribution >= 0.6 is 11.8 Å². The van der Waals surface area contributed by atoms with Crippen LogP contribution in [0.15, 0.2) is 23.4 Å². The molecule has 0 fully saturated rings. The third-order valence-electron chi connectivity index (χ3n) is 3.40. The highest BCUT2D eigenvalue weighted by Crippen LogP contribution is 2.26. The Kier molecular flexibility index (Phi) is 7.39. The number of ether oxygens (including phenoxy) is 1. The van der Waals surface area contributed by atoms with Crippen LogP contribution in [0.4, 0.5) is 4.79 Å². The van der Waals surface area contributed by atoms with Gasteiger partial charge in [0.1, 0.15) is 11.4 Å². The molecule has 1 aromatic carbocycles. The van der Waals surface area contributed by atoms with Gasteiger partial charge in [-0.3, -0.25) is 10.1 Å². The van der Waals surface area contributed by atoms with Gasteiger partial charge in [-0.2, -0.15) is 4.68 Å². The number of thioether (sulfide) groups is 1. The van der Waals surface area contributed by atoms with E-state index in [1.165, 1.54) is 4.68 Å². The first-order valence-corrected chi connectivity index (χ1v) is 9.17. The Balaban J connectivity index is 1.98. The van der Waals surface area contributed by atoms with Crippen LogP contribution in [0.5, 0.6) is 5.75 Å². The predicted octanol–water partition coefficient (Wildman–Crippen LogP) is 1.70. The number of aryl methyl sites for hydroxylation is 1. The monoisotopic (exact) mass is 378 g/mol. The molecule has 9 nitrogen and oxygen atoms in total. The average molecular weight is 378 g/mol. The van der Waals surface area contributed by atoms with E-state index in [2.05, 4.69) is 26.2 Å². The standard InChI is InChI=1S/C16H22N6O3S/c1-4-5-8-17-15(24)18-14(23)10-26-16-19-20-21-22(16)12-9-11(2)6-7-13(12)25-3/h6-7,9H,4-5,8,10H2,1-3H3,(H2,17,18,23,24). The lowest BCUT2D eigenvalue weighted by Gasteiger charge is -2.10. The number of imide groups is 1. The molecular weight excluding hydrogens is 356 g/mol. The second kappa shape index (κ2) is 9.76. The van der Waals surface area contributed by atoms with Crippen molar-refractivity contribution in [1.82, 2.24) is 30.8 Å². The molecule has 2 N–H and O–H groups in total. The lowest BCUT2D eigenvalue weighted by atomic mass is 10.2. The molecule has 0 aliphatic rings. The SMILES string of the molecule is CCCCNC(=O)NC(=O)CSc1nnnn1-c1cc(C)ccc1OC. The minimum atomic E-state index is -0.496. The van der Waals surface area contributed by atoms with Crippen LogP contribution in [0, 0.1) is 6.92 Å². The van der Waals surface area contributed by atoms with Crippen molar-refractivity contribution in [1.29, 1.82) is 0 Å². The number of unbranched alkanes of at least 4 members (excludes halogenated alkanes) is 1. The molecule has 26 heavy (non-hydrogen) atoms. The number of hydrogen-bond acceptors (Lipinski definition) is 7. The third kappa shape index (κ3) is 5.45. The maximum absolute atomic E-state index is 11.9. The third-order valence-corrected chi connectivity index (χ3v) is 4.32. The van der Waals surface area contributed by atoms with Gasteiger partial charge in [-0.25, -0.2) is 4.79 Å². The van der Waals surface area contributed by atoms with Crippen LogP contribution in [-0.2, 0) is 4.79 Å². The van der Waals surface area contributed by atoms with Crippen LogP contribution in [-0.4, -0.2) is 51.6 Å². The molecule has 1 heterocycles. The summed E-state index contributed by atoms with van der Waals surface area (Å²) in [5.41, 5.74) is 1.70. The quantitative estimate of drug-likeness (QED) is 0.531. The van der Waals surface area contributed by atoms with Crippen molar-refractivity contribution in [3.05, 3.63) is 23.8 Å². The Labute approximate surface area is 155 Å². The molecule has 0 unspecified atom stereocenters. The first-order chi connectivity index (χ1) is 12.5. The van der Waals surface area contributed by atoms with E-state index in [4.69, 9.17) is 4.74 Å². The number of carbonyl (C=O) groups excluding carboxylic acids is 2. The van der Waals surface area contributed by atoms with Crippen LogP contribution in [0.25, 0.3) is 5.69 Å². The fraction of sp³-hybridized carbons (Fsp3) is 0.438. The van der Waals surface area contributed by atoms with E-state index in [1.54, 1.807) is 7.11 Å². The zero-order chi connectivity index (χ0) is 18.9. The number of nitrogens with one attached hydrogen (secondary N) is 2. The summed E-state index contributed by atoms with van der Waals surface area (Å²) in [5.74, 6) is 0.203. The van der Waals surface area contributed by atoms with Crippen molar-refractivity contribution < 1.29 is 14.3 Å². The summed E-state index contributed by atoms with van der Waals surface area (Å²) in [7, 11) is 1.57. The molecule has 140 valence electrons. The van der Waals surface area contributed by atoms with Gasteiger partial charge in [-0.05, 0) is 41.5 Å². The second-order valence-corrected chi connectivity index (χ2v) is 6.44. The maximum atomic E-state index is 11.9. The lowest BCUT2D eigenvalue weighted by molar-refractivity contribution is -0.117. The highest BCUT2D eigenvalue weighted by atomic mass is 32.2. The molecule has 0 spiro atoms. The molecule has 3 amide bonds. The molecule has 1 aromatic heterocycles. The fourth-order valence-electron chi connectivity index (χ4n) is 2.10.